The Labute approximate surface area is 122 Å². The summed E-state index contributed by atoms with van der Waals surface area (Å²) in [5, 5.41) is 3.09. The van der Waals surface area contributed by atoms with E-state index in [-0.39, 0.29) is 0 Å². The average molecular weight is 296 g/mol. The molecule has 1 aliphatic rings. The van der Waals surface area contributed by atoms with Crippen molar-refractivity contribution >= 4 is 10.0 Å². The maximum absolute atomic E-state index is 12.4. The first kappa shape index (κ1) is 15.5. The van der Waals surface area contributed by atoms with E-state index in [1.807, 2.05) is 19.2 Å². The molecule has 1 aliphatic carbocycles. The zero-order chi connectivity index (χ0) is 14.6. The van der Waals surface area contributed by atoms with Crippen LogP contribution in [0, 0.1) is 5.92 Å². The Morgan fingerprint density at radius 3 is 2.40 bits per heavy atom. The van der Waals surface area contributed by atoms with E-state index in [2.05, 4.69) is 5.32 Å². The van der Waals surface area contributed by atoms with Crippen molar-refractivity contribution in [1.29, 1.82) is 0 Å². The molecule has 1 aromatic carbocycles. The molecule has 0 amide bonds. The molecule has 1 fully saturated rings. The van der Waals surface area contributed by atoms with Crippen LogP contribution in [0.1, 0.15) is 24.8 Å². The zero-order valence-electron chi connectivity index (χ0n) is 12.3. The van der Waals surface area contributed by atoms with Crippen molar-refractivity contribution in [3.8, 4) is 0 Å². The molecule has 0 spiro atoms. The molecular formula is C15H24N2O2S. The van der Waals surface area contributed by atoms with Gasteiger partial charge in [0.25, 0.3) is 0 Å². The molecule has 4 nitrogen and oxygen atoms in total. The van der Waals surface area contributed by atoms with Crippen LogP contribution in [-0.2, 0) is 16.4 Å². The van der Waals surface area contributed by atoms with Gasteiger partial charge in [-0.2, -0.15) is 0 Å². The van der Waals surface area contributed by atoms with Gasteiger partial charge in [0.05, 0.1) is 4.90 Å². The van der Waals surface area contributed by atoms with Crippen molar-refractivity contribution in [2.45, 2.75) is 30.6 Å². The number of likely N-dealkylation sites (N-methyl/N-ethyl adjacent to an activating group) is 1. The third-order valence-corrected chi connectivity index (χ3v) is 5.87. The lowest BCUT2D eigenvalue weighted by atomic mass is 9.86. The van der Waals surface area contributed by atoms with Crippen LogP contribution in [0.3, 0.4) is 0 Å². The van der Waals surface area contributed by atoms with Gasteiger partial charge in [-0.05, 0) is 56.5 Å². The lowest BCUT2D eigenvalue weighted by Crippen LogP contribution is -2.34. The SMILES string of the molecule is CNCCc1ccc(S(=O)(=O)N(C)CC2CCC2)cc1. The molecule has 0 unspecified atom stereocenters. The van der Waals surface area contributed by atoms with Gasteiger partial charge in [-0.3, -0.25) is 0 Å². The predicted molar refractivity (Wildman–Crippen MR) is 81.2 cm³/mol. The largest absolute Gasteiger partial charge is 0.319 e. The minimum absolute atomic E-state index is 0.396. The second kappa shape index (κ2) is 6.70. The number of hydrogen-bond acceptors (Lipinski definition) is 3. The summed E-state index contributed by atoms with van der Waals surface area (Å²) in [6.45, 7) is 1.54. The van der Waals surface area contributed by atoms with Crippen LogP contribution in [-0.4, -0.2) is 39.9 Å². The summed E-state index contributed by atoms with van der Waals surface area (Å²) in [5.74, 6) is 0.546. The first-order chi connectivity index (χ1) is 9.54. The van der Waals surface area contributed by atoms with Crippen LogP contribution in [0.25, 0.3) is 0 Å². The Kier molecular flexibility index (Phi) is 5.18. The highest BCUT2D eigenvalue weighted by Crippen LogP contribution is 2.28. The van der Waals surface area contributed by atoms with Crippen LogP contribution in [0.15, 0.2) is 29.2 Å². The van der Waals surface area contributed by atoms with Gasteiger partial charge in [-0.1, -0.05) is 18.6 Å². The average Bonchev–Trinajstić information content (AvgIpc) is 2.40. The fourth-order valence-corrected chi connectivity index (χ4v) is 3.66. The van der Waals surface area contributed by atoms with Gasteiger partial charge < -0.3 is 5.32 Å². The highest BCUT2D eigenvalue weighted by Gasteiger charge is 2.26. The monoisotopic (exact) mass is 296 g/mol. The summed E-state index contributed by atoms with van der Waals surface area (Å²) in [6, 6.07) is 7.25. The second-order valence-electron chi connectivity index (χ2n) is 5.58. The third kappa shape index (κ3) is 3.59. The third-order valence-electron chi connectivity index (χ3n) is 4.04. The lowest BCUT2D eigenvalue weighted by molar-refractivity contribution is 0.263. The molecule has 0 atom stereocenters. The number of rotatable bonds is 7. The molecule has 0 radical (unpaired) electrons. The number of hydrogen-bond donors (Lipinski definition) is 1. The van der Waals surface area contributed by atoms with Gasteiger partial charge in [0.2, 0.25) is 10.0 Å². The Morgan fingerprint density at radius 2 is 1.90 bits per heavy atom. The molecule has 2 rings (SSSR count). The molecule has 5 heteroatoms. The minimum Gasteiger partial charge on any atom is -0.319 e. The predicted octanol–water partition coefficient (Wildman–Crippen LogP) is 1.87. The first-order valence-electron chi connectivity index (χ1n) is 7.24. The van der Waals surface area contributed by atoms with Gasteiger partial charge in [0, 0.05) is 13.6 Å². The van der Waals surface area contributed by atoms with Crippen molar-refractivity contribution in [3.05, 3.63) is 29.8 Å². The van der Waals surface area contributed by atoms with Crippen LogP contribution >= 0.6 is 0 Å². The van der Waals surface area contributed by atoms with Crippen molar-refractivity contribution in [2.75, 3.05) is 27.2 Å². The van der Waals surface area contributed by atoms with E-state index < -0.39 is 10.0 Å². The summed E-state index contributed by atoms with van der Waals surface area (Å²) in [7, 11) is 0.264. The summed E-state index contributed by atoms with van der Waals surface area (Å²) in [6.07, 6.45) is 4.46. The Balaban J connectivity index is 2.04. The molecule has 1 aromatic rings. The fourth-order valence-electron chi connectivity index (χ4n) is 2.41. The van der Waals surface area contributed by atoms with E-state index in [9.17, 15) is 8.42 Å². The van der Waals surface area contributed by atoms with E-state index in [1.54, 1.807) is 19.2 Å². The molecular weight excluding hydrogens is 272 g/mol. The Morgan fingerprint density at radius 1 is 1.25 bits per heavy atom. The molecule has 112 valence electrons. The van der Waals surface area contributed by atoms with Crippen LogP contribution in [0.5, 0.6) is 0 Å². The maximum atomic E-state index is 12.4. The minimum atomic E-state index is -3.33. The highest BCUT2D eigenvalue weighted by molar-refractivity contribution is 7.89. The molecule has 1 saturated carbocycles. The quantitative estimate of drug-likeness (QED) is 0.835. The lowest BCUT2D eigenvalue weighted by Gasteiger charge is -2.29. The fraction of sp³-hybridized carbons (Fsp3) is 0.600. The van der Waals surface area contributed by atoms with Crippen molar-refractivity contribution in [2.24, 2.45) is 5.92 Å². The number of nitrogens with zero attached hydrogens (tertiary/aromatic N) is 1. The maximum Gasteiger partial charge on any atom is 0.242 e. The van der Waals surface area contributed by atoms with E-state index >= 15 is 0 Å². The molecule has 0 saturated heterocycles. The topological polar surface area (TPSA) is 49.4 Å². The van der Waals surface area contributed by atoms with E-state index in [0.717, 1.165) is 31.4 Å². The van der Waals surface area contributed by atoms with Crippen LogP contribution in [0.2, 0.25) is 0 Å². The second-order valence-corrected chi connectivity index (χ2v) is 7.62. The number of nitrogens with one attached hydrogen (secondary N) is 1. The van der Waals surface area contributed by atoms with Gasteiger partial charge in [0.1, 0.15) is 0 Å². The number of benzene rings is 1. The molecule has 1 N–H and O–H groups in total. The van der Waals surface area contributed by atoms with Crippen LogP contribution < -0.4 is 5.32 Å². The first-order valence-corrected chi connectivity index (χ1v) is 8.68. The van der Waals surface area contributed by atoms with Gasteiger partial charge in [-0.25, -0.2) is 12.7 Å². The summed E-state index contributed by atoms with van der Waals surface area (Å²) in [4.78, 5) is 0.396. The highest BCUT2D eigenvalue weighted by atomic mass is 32.2. The molecule has 20 heavy (non-hydrogen) atoms. The van der Waals surface area contributed by atoms with Gasteiger partial charge in [-0.15, -0.1) is 0 Å². The number of sulfonamides is 1. The molecule has 0 heterocycles. The molecule has 0 bridgehead atoms. The van der Waals surface area contributed by atoms with Crippen molar-refractivity contribution < 1.29 is 8.42 Å². The van der Waals surface area contributed by atoms with Crippen LogP contribution in [0.4, 0.5) is 0 Å². The van der Waals surface area contributed by atoms with Gasteiger partial charge >= 0.3 is 0 Å². The Bertz CT molecular complexity index is 521. The summed E-state index contributed by atoms with van der Waals surface area (Å²) < 4.78 is 26.4. The zero-order valence-corrected chi connectivity index (χ0v) is 13.1. The summed E-state index contributed by atoms with van der Waals surface area (Å²) in [5.41, 5.74) is 1.15. The van der Waals surface area contributed by atoms with E-state index in [1.165, 1.54) is 10.7 Å². The molecule has 0 aromatic heterocycles. The Hall–Kier alpha value is -0.910. The smallest absolute Gasteiger partial charge is 0.242 e. The molecule has 0 aliphatic heterocycles. The van der Waals surface area contributed by atoms with E-state index in [0.29, 0.717) is 17.4 Å². The standard InChI is InChI=1S/C15H24N2O2S/c1-16-11-10-13-6-8-15(9-7-13)20(18,19)17(2)12-14-4-3-5-14/h6-9,14,16H,3-5,10-12H2,1-2H3. The normalized spacial score (nSPS) is 16.4. The van der Waals surface area contributed by atoms with Gasteiger partial charge in [0.15, 0.2) is 0 Å². The van der Waals surface area contributed by atoms with Crippen molar-refractivity contribution in [1.82, 2.24) is 9.62 Å². The summed E-state index contributed by atoms with van der Waals surface area (Å²) >= 11 is 0. The van der Waals surface area contributed by atoms with E-state index in [4.69, 9.17) is 0 Å². The van der Waals surface area contributed by atoms with Crippen molar-refractivity contribution in [3.63, 3.8) is 0 Å².